The van der Waals surface area contributed by atoms with Gasteiger partial charge in [-0.05, 0) is 24.3 Å². The molecule has 2 N–H and O–H groups in total. The monoisotopic (exact) mass is 247 g/mol. The van der Waals surface area contributed by atoms with E-state index in [1.165, 1.54) is 0 Å². The molecule has 0 saturated carbocycles. The number of carbonyl (C=O) groups excluding carboxylic acids is 1. The summed E-state index contributed by atoms with van der Waals surface area (Å²) in [5, 5.41) is 0.365. The lowest BCUT2D eigenvalue weighted by atomic mass is 10.2. The van der Waals surface area contributed by atoms with Crippen LogP contribution in [0.2, 0.25) is 5.15 Å². The number of anilines is 1. The normalized spacial score (nSPS) is 9.71. The molecule has 2 aromatic rings. The van der Waals surface area contributed by atoms with Crippen molar-refractivity contribution in [2.75, 3.05) is 5.43 Å². The van der Waals surface area contributed by atoms with Gasteiger partial charge in [-0.2, -0.15) is 0 Å². The number of rotatable bonds is 3. The third-order valence-electron chi connectivity index (χ3n) is 2.06. The smallest absolute Gasteiger partial charge is 0.269 e. The van der Waals surface area contributed by atoms with Crippen LogP contribution in [0.1, 0.15) is 10.4 Å². The molecular formula is C12H10ClN3O. The Balaban J connectivity index is 1.97. The van der Waals surface area contributed by atoms with Gasteiger partial charge in [0.2, 0.25) is 0 Å². The first kappa shape index (κ1) is 11.4. The van der Waals surface area contributed by atoms with Crippen molar-refractivity contribution >= 4 is 23.3 Å². The van der Waals surface area contributed by atoms with E-state index in [9.17, 15) is 4.79 Å². The van der Waals surface area contributed by atoms with Crippen LogP contribution in [-0.4, -0.2) is 10.9 Å². The van der Waals surface area contributed by atoms with Gasteiger partial charge in [0.1, 0.15) is 11.0 Å². The highest BCUT2D eigenvalue weighted by Crippen LogP contribution is 2.08. The predicted octanol–water partition coefficient (Wildman–Crippen LogP) is 2.49. The quantitative estimate of drug-likeness (QED) is 0.647. The van der Waals surface area contributed by atoms with Gasteiger partial charge in [0.15, 0.2) is 0 Å². The first-order valence-electron chi connectivity index (χ1n) is 5.00. The van der Waals surface area contributed by atoms with E-state index in [4.69, 9.17) is 11.6 Å². The minimum atomic E-state index is -0.229. The molecule has 0 saturated heterocycles. The highest BCUT2D eigenvalue weighted by molar-refractivity contribution is 6.29. The van der Waals surface area contributed by atoms with Crippen LogP contribution in [0.3, 0.4) is 0 Å². The number of nitrogens with one attached hydrogen (secondary N) is 2. The standard InChI is InChI=1S/C12H10ClN3O/c13-10-7-4-8-11(14-10)15-16-12(17)9-5-2-1-3-6-9/h1-8H,(H,14,15)(H,16,17). The molecule has 1 heterocycles. The largest absolute Gasteiger partial charge is 0.282 e. The highest BCUT2D eigenvalue weighted by atomic mass is 35.5. The minimum absolute atomic E-state index is 0.229. The second-order valence-electron chi connectivity index (χ2n) is 3.29. The molecule has 1 aromatic heterocycles. The maximum Gasteiger partial charge on any atom is 0.269 e. The Morgan fingerprint density at radius 1 is 1.06 bits per heavy atom. The van der Waals surface area contributed by atoms with Crippen LogP contribution in [0.5, 0.6) is 0 Å². The molecule has 1 amide bonds. The fourth-order valence-corrected chi connectivity index (χ4v) is 1.42. The van der Waals surface area contributed by atoms with E-state index in [1.54, 1.807) is 42.5 Å². The Hall–Kier alpha value is -2.07. The second kappa shape index (κ2) is 5.32. The molecule has 17 heavy (non-hydrogen) atoms. The van der Waals surface area contributed by atoms with Crippen molar-refractivity contribution in [3.8, 4) is 0 Å². The molecule has 0 aliphatic carbocycles. The van der Waals surface area contributed by atoms with Gasteiger partial charge in [0.25, 0.3) is 5.91 Å². The Bertz CT molecular complexity index is 516. The SMILES string of the molecule is O=C(NNc1cccc(Cl)n1)c1ccccc1. The molecule has 5 heteroatoms. The summed E-state index contributed by atoms with van der Waals surface area (Å²) >= 11 is 5.71. The van der Waals surface area contributed by atoms with Crippen LogP contribution in [0.25, 0.3) is 0 Å². The van der Waals surface area contributed by atoms with Crippen molar-refractivity contribution in [3.63, 3.8) is 0 Å². The third kappa shape index (κ3) is 3.19. The molecule has 0 fully saturated rings. The van der Waals surface area contributed by atoms with E-state index in [0.717, 1.165) is 0 Å². The average Bonchev–Trinajstić information content (AvgIpc) is 2.37. The van der Waals surface area contributed by atoms with E-state index in [-0.39, 0.29) is 5.91 Å². The molecule has 0 radical (unpaired) electrons. The zero-order valence-corrected chi connectivity index (χ0v) is 9.61. The van der Waals surface area contributed by atoms with Crippen LogP contribution in [0.15, 0.2) is 48.5 Å². The van der Waals surface area contributed by atoms with Gasteiger partial charge >= 0.3 is 0 Å². The Morgan fingerprint density at radius 3 is 2.53 bits per heavy atom. The van der Waals surface area contributed by atoms with Crippen molar-refractivity contribution in [1.29, 1.82) is 0 Å². The summed E-state index contributed by atoms with van der Waals surface area (Å²) in [6, 6.07) is 14.0. The molecule has 0 spiro atoms. The lowest BCUT2D eigenvalue weighted by Crippen LogP contribution is -2.29. The number of halogens is 1. The number of hydrogen-bond donors (Lipinski definition) is 2. The van der Waals surface area contributed by atoms with Crippen molar-refractivity contribution in [3.05, 3.63) is 59.2 Å². The van der Waals surface area contributed by atoms with Gasteiger partial charge in [-0.1, -0.05) is 35.9 Å². The van der Waals surface area contributed by atoms with Crippen molar-refractivity contribution < 1.29 is 4.79 Å². The van der Waals surface area contributed by atoms with Crippen LogP contribution in [0.4, 0.5) is 5.82 Å². The topological polar surface area (TPSA) is 54.0 Å². The number of aromatic nitrogens is 1. The van der Waals surface area contributed by atoms with Crippen LogP contribution in [0, 0.1) is 0 Å². The number of benzene rings is 1. The summed E-state index contributed by atoms with van der Waals surface area (Å²) in [7, 11) is 0. The van der Waals surface area contributed by atoms with Crippen LogP contribution >= 0.6 is 11.6 Å². The molecule has 0 aliphatic rings. The maximum absolute atomic E-state index is 11.7. The molecule has 86 valence electrons. The lowest BCUT2D eigenvalue weighted by Gasteiger charge is -2.07. The van der Waals surface area contributed by atoms with Crippen molar-refractivity contribution in [2.24, 2.45) is 0 Å². The van der Waals surface area contributed by atoms with Gasteiger partial charge in [-0.25, -0.2) is 4.98 Å². The number of nitrogens with zero attached hydrogens (tertiary/aromatic N) is 1. The second-order valence-corrected chi connectivity index (χ2v) is 3.68. The number of hydrogen-bond acceptors (Lipinski definition) is 3. The van der Waals surface area contributed by atoms with Crippen molar-refractivity contribution in [2.45, 2.75) is 0 Å². The molecule has 1 aromatic carbocycles. The minimum Gasteiger partial charge on any atom is -0.282 e. The number of amides is 1. The summed E-state index contributed by atoms with van der Waals surface area (Å²) in [6.07, 6.45) is 0. The average molecular weight is 248 g/mol. The summed E-state index contributed by atoms with van der Waals surface area (Å²) in [6.45, 7) is 0. The van der Waals surface area contributed by atoms with E-state index in [0.29, 0.717) is 16.5 Å². The summed E-state index contributed by atoms with van der Waals surface area (Å²) < 4.78 is 0. The van der Waals surface area contributed by atoms with Crippen molar-refractivity contribution in [1.82, 2.24) is 10.4 Å². The molecular weight excluding hydrogens is 238 g/mol. The van der Waals surface area contributed by atoms with Crippen LogP contribution < -0.4 is 10.9 Å². The first-order valence-corrected chi connectivity index (χ1v) is 5.37. The van der Waals surface area contributed by atoms with Crippen LogP contribution in [-0.2, 0) is 0 Å². The fourth-order valence-electron chi connectivity index (χ4n) is 1.26. The molecule has 2 rings (SSSR count). The zero-order valence-electron chi connectivity index (χ0n) is 8.85. The van der Waals surface area contributed by atoms with Gasteiger partial charge in [-0.15, -0.1) is 0 Å². The maximum atomic E-state index is 11.7. The van der Waals surface area contributed by atoms with E-state index in [2.05, 4.69) is 15.8 Å². The Labute approximate surface area is 104 Å². The predicted molar refractivity (Wildman–Crippen MR) is 66.8 cm³/mol. The van der Waals surface area contributed by atoms with E-state index >= 15 is 0 Å². The highest BCUT2D eigenvalue weighted by Gasteiger charge is 2.03. The first-order chi connectivity index (χ1) is 8.25. The van der Waals surface area contributed by atoms with Gasteiger partial charge in [-0.3, -0.25) is 15.6 Å². The summed E-state index contributed by atoms with van der Waals surface area (Å²) in [5.74, 6) is 0.258. The van der Waals surface area contributed by atoms with Gasteiger partial charge in [0, 0.05) is 5.56 Å². The zero-order chi connectivity index (χ0) is 12.1. The Morgan fingerprint density at radius 2 is 1.82 bits per heavy atom. The summed E-state index contributed by atoms with van der Waals surface area (Å²) in [4.78, 5) is 15.6. The summed E-state index contributed by atoms with van der Waals surface area (Å²) in [5.41, 5.74) is 5.79. The molecule has 0 unspecified atom stereocenters. The van der Waals surface area contributed by atoms with Gasteiger partial charge in [0.05, 0.1) is 0 Å². The number of hydrazine groups is 1. The Kier molecular flexibility index (Phi) is 3.57. The van der Waals surface area contributed by atoms with Gasteiger partial charge < -0.3 is 0 Å². The van der Waals surface area contributed by atoms with E-state index in [1.807, 2.05) is 6.07 Å². The number of pyridine rings is 1. The molecule has 0 bridgehead atoms. The molecule has 4 nitrogen and oxygen atoms in total. The third-order valence-corrected chi connectivity index (χ3v) is 2.27. The molecule has 0 atom stereocenters. The number of carbonyl (C=O) groups is 1. The lowest BCUT2D eigenvalue weighted by molar-refractivity contribution is 0.0962. The van der Waals surface area contributed by atoms with E-state index < -0.39 is 0 Å². The fraction of sp³-hybridized carbons (Fsp3) is 0. The molecule has 0 aliphatic heterocycles.